The molecule has 0 radical (unpaired) electrons. The Morgan fingerprint density at radius 1 is 1.16 bits per heavy atom. The first-order valence-corrected chi connectivity index (χ1v) is 10.9. The molecule has 0 bridgehead atoms. The summed E-state index contributed by atoms with van der Waals surface area (Å²) in [6.45, 7) is 3.10. The summed E-state index contributed by atoms with van der Waals surface area (Å²) >= 11 is 0. The molecule has 0 spiro atoms. The maximum absolute atomic E-state index is 12.8. The van der Waals surface area contributed by atoms with Crippen LogP contribution in [0.1, 0.15) is 48.1 Å². The van der Waals surface area contributed by atoms with E-state index in [-0.39, 0.29) is 24.4 Å². The van der Waals surface area contributed by atoms with Gasteiger partial charge in [0.2, 0.25) is 11.8 Å². The molecule has 166 valence electrons. The number of nitrogens with one attached hydrogen (secondary N) is 2. The molecule has 2 aromatic carbocycles. The van der Waals surface area contributed by atoms with Crippen molar-refractivity contribution in [3.63, 3.8) is 0 Å². The van der Waals surface area contributed by atoms with E-state index in [1.165, 1.54) is 0 Å². The second kappa shape index (κ2) is 10.1. The molecule has 1 aliphatic heterocycles. The molecular formula is C24H27N5O3. The number of aromatic nitrogens is 2. The molecule has 3 aromatic rings. The van der Waals surface area contributed by atoms with E-state index in [1.807, 2.05) is 61.5 Å². The molecule has 1 unspecified atom stereocenters. The molecule has 0 aliphatic carbocycles. The van der Waals surface area contributed by atoms with Crippen molar-refractivity contribution < 1.29 is 14.1 Å². The summed E-state index contributed by atoms with van der Waals surface area (Å²) in [6, 6.07) is 17.0. The molecule has 2 N–H and O–H groups in total. The van der Waals surface area contributed by atoms with Crippen LogP contribution in [-0.2, 0) is 17.8 Å². The minimum Gasteiger partial charge on any atom is -0.352 e. The molecule has 1 saturated heterocycles. The van der Waals surface area contributed by atoms with E-state index >= 15 is 0 Å². The van der Waals surface area contributed by atoms with Crippen molar-refractivity contribution in [3.05, 3.63) is 77.4 Å². The first kappa shape index (κ1) is 21.5. The quantitative estimate of drug-likeness (QED) is 0.587. The van der Waals surface area contributed by atoms with Crippen molar-refractivity contribution in [1.82, 2.24) is 20.4 Å². The highest BCUT2D eigenvalue weighted by atomic mass is 16.5. The van der Waals surface area contributed by atoms with Crippen molar-refractivity contribution in [2.75, 3.05) is 11.9 Å². The van der Waals surface area contributed by atoms with Crippen LogP contribution in [0.5, 0.6) is 0 Å². The lowest BCUT2D eigenvalue weighted by molar-refractivity contribution is -0.121. The van der Waals surface area contributed by atoms with E-state index in [2.05, 4.69) is 20.8 Å². The highest BCUT2D eigenvalue weighted by Gasteiger charge is 2.33. The number of hydrogen-bond acceptors (Lipinski definition) is 5. The van der Waals surface area contributed by atoms with Gasteiger partial charge in [-0.1, -0.05) is 47.6 Å². The van der Waals surface area contributed by atoms with Crippen LogP contribution in [-0.4, -0.2) is 33.5 Å². The van der Waals surface area contributed by atoms with E-state index in [1.54, 1.807) is 4.90 Å². The number of amides is 3. The second-order valence-electron chi connectivity index (χ2n) is 7.96. The minimum absolute atomic E-state index is 0.0753. The lowest BCUT2D eigenvalue weighted by atomic mass is 10.2. The smallest absolute Gasteiger partial charge is 0.322 e. The lowest BCUT2D eigenvalue weighted by Crippen LogP contribution is -2.34. The molecule has 0 saturated carbocycles. The number of urea groups is 1. The number of hydrogen-bond donors (Lipinski definition) is 2. The average Bonchev–Trinajstić information content (AvgIpc) is 3.46. The maximum Gasteiger partial charge on any atom is 0.322 e. The van der Waals surface area contributed by atoms with Crippen LogP contribution in [0.15, 0.2) is 59.1 Å². The van der Waals surface area contributed by atoms with Crippen molar-refractivity contribution in [1.29, 1.82) is 0 Å². The van der Waals surface area contributed by atoms with Crippen LogP contribution < -0.4 is 10.6 Å². The van der Waals surface area contributed by atoms with Crippen LogP contribution >= 0.6 is 0 Å². The van der Waals surface area contributed by atoms with E-state index in [9.17, 15) is 9.59 Å². The van der Waals surface area contributed by atoms with Crippen LogP contribution in [0.25, 0.3) is 0 Å². The van der Waals surface area contributed by atoms with Crippen molar-refractivity contribution >= 4 is 17.6 Å². The third-order valence-corrected chi connectivity index (χ3v) is 5.46. The predicted octanol–water partition coefficient (Wildman–Crippen LogP) is 4.00. The summed E-state index contributed by atoms with van der Waals surface area (Å²) < 4.78 is 5.35. The molecule has 3 amide bonds. The van der Waals surface area contributed by atoms with Gasteiger partial charge in [-0.3, -0.25) is 4.79 Å². The molecule has 1 aromatic heterocycles. The number of carbonyl (C=O) groups excluding carboxylic acids is 2. The van der Waals surface area contributed by atoms with Gasteiger partial charge in [-0.2, -0.15) is 4.98 Å². The molecule has 1 aliphatic rings. The molecule has 1 fully saturated rings. The zero-order valence-corrected chi connectivity index (χ0v) is 18.1. The minimum atomic E-state index is -0.232. The Labute approximate surface area is 187 Å². The van der Waals surface area contributed by atoms with Gasteiger partial charge in [0, 0.05) is 31.6 Å². The van der Waals surface area contributed by atoms with Gasteiger partial charge in [0.1, 0.15) is 0 Å². The molecule has 32 heavy (non-hydrogen) atoms. The fourth-order valence-corrected chi connectivity index (χ4v) is 3.81. The zero-order valence-electron chi connectivity index (χ0n) is 18.1. The van der Waals surface area contributed by atoms with Crippen LogP contribution in [0.2, 0.25) is 0 Å². The molecule has 1 atom stereocenters. The Bertz CT molecular complexity index is 1070. The first-order chi connectivity index (χ1) is 15.6. The van der Waals surface area contributed by atoms with E-state index in [0.717, 1.165) is 29.7 Å². The van der Waals surface area contributed by atoms with Gasteiger partial charge in [-0.25, -0.2) is 4.79 Å². The van der Waals surface area contributed by atoms with E-state index in [4.69, 9.17) is 4.52 Å². The summed E-state index contributed by atoms with van der Waals surface area (Å²) in [6.07, 6.45) is 2.27. The second-order valence-corrected chi connectivity index (χ2v) is 7.96. The Balaban J connectivity index is 1.30. The number of carbonyl (C=O) groups is 2. The number of likely N-dealkylation sites (tertiary alicyclic amines) is 1. The predicted molar refractivity (Wildman–Crippen MR) is 120 cm³/mol. The summed E-state index contributed by atoms with van der Waals surface area (Å²) in [5.41, 5.74) is 2.89. The zero-order chi connectivity index (χ0) is 22.3. The molecule has 2 heterocycles. The molecule has 4 rings (SSSR count). The standard InChI is InChI=1S/C24H27N5O3/c1-17-7-5-10-19(15-17)26-24(31)29-14-6-11-20(29)23-27-22(32-28-23)13-12-21(30)25-16-18-8-3-2-4-9-18/h2-5,7-10,15,20H,6,11-14,16H2,1H3,(H,25,30)(H,26,31). The Morgan fingerprint density at radius 3 is 2.81 bits per heavy atom. The van der Waals surface area contributed by atoms with Crippen molar-refractivity contribution in [2.45, 2.75) is 45.2 Å². The van der Waals surface area contributed by atoms with Gasteiger partial charge in [0.05, 0.1) is 6.04 Å². The fourth-order valence-electron chi connectivity index (χ4n) is 3.81. The SMILES string of the molecule is Cc1cccc(NC(=O)N2CCCC2c2noc(CCC(=O)NCc3ccccc3)n2)c1. The number of anilines is 1. The van der Waals surface area contributed by atoms with Gasteiger partial charge in [-0.15, -0.1) is 0 Å². The molecule has 8 nitrogen and oxygen atoms in total. The van der Waals surface area contributed by atoms with Crippen LogP contribution in [0.4, 0.5) is 10.5 Å². The third-order valence-electron chi connectivity index (χ3n) is 5.46. The topological polar surface area (TPSA) is 100 Å². The van der Waals surface area contributed by atoms with Gasteiger partial charge < -0.3 is 20.1 Å². The monoisotopic (exact) mass is 433 g/mol. The number of nitrogens with zero attached hydrogens (tertiary/aromatic N) is 3. The van der Waals surface area contributed by atoms with Gasteiger partial charge >= 0.3 is 6.03 Å². The maximum atomic E-state index is 12.8. The third kappa shape index (κ3) is 5.51. The summed E-state index contributed by atoms with van der Waals surface area (Å²) in [7, 11) is 0. The van der Waals surface area contributed by atoms with Gasteiger partial charge in [0.15, 0.2) is 5.82 Å². The Hall–Kier alpha value is -3.68. The normalized spacial score (nSPS) is 15.5. The average molecular weight is 434 g/mol. The van der Waals surface area contributed by atoms with Gasteiger partial charge in [-0.05, 0) is 43.0 Å². The highest BCUT2D eigenvalue weighted by molar-refractivity contribution is 5.89. The fraction of sp³-hybridized carbons (Fsp3) is 0.333. The molecular weight excluding hydrogens is 406 g/mol. The summed E-state index contributed by atoms with van der Waals surface area (Å²) in [4.78, 5) is 31.1. The van der Waals surface area contributed by atoms with Crippen molar-refractivity contribution in [3.8, 4) is 0 Å². The van der Waals surface area contributed by atoms with E-state index < -0.39 is 0 Å². The van der Waals surface area contributed by atoms with Crippen molar-refractivity contribution in [2.24, 2.45) is 0 Å². The van der Waals surface area contributed by atoms with E-state index in [0.29, 0.717) is 31.2 Å². The molecule has 8 heteroatoms. The number of aryl methyl sites for hydroxylation is 2. The van der Waals surface area contributed by atoms with Crippen LogP contribution in [0, 0.1) is 6.92 Å². The number of benzene rings is 2. The van der Waals surface area contributed by atoms with Crippen LogP contribution in [0.3, 0.4) is 0 Å². The highest BCUT2D eigenvalue weighted by Crippen LogP contribution is 2.31. The Morgan fingerprint density at radius 2 is 2.00 bits per heavy atom. The lowest BCUT2D eigenvalue weighted by Gasteiger charge is -2.22. The summed E-state index contributed by atoms with van der Waals surface area (Å²) in [5.74, 6) is 0.816. The largest absolute Gasteiger partial charge is 0.352 e. The first-order valence-electron chi connectivity index (χ1n) is 10.9. The van der Waals surface area contributed by atoms with Gasteiger partial charge in [0.25, 0.3) is 0 Å². The Kier molecular flexibility index (Phi) is 6.79. The number of rotatable bonds is 7. The summed E-state index contributed by atoms with van der Waals surface area (Å²) in [5, 5.41) is 9.92.